The fraction of sp³-hybridized carbons (Fsp3) is 0. The quantitative estimate of drug-likeness (QED) is 0.0716. The molecule has 6 aromatic carbocycles. The van der Waals surface area contributed by atoms with Gasteiger partial charge in [-0.1, -0.05) is 0 Å². The molecule has 0 aromatic heterocycles. The van der Waals surface area contributed by atoms with Crippen molar-refractivity contribution in [2.75, 3.05) is 0 Å². The van der Waals surface area contributed by atoms with E-state index < -0.39 is 215 Å². The maximum Gasteiger partial charge on any atom is 0.631 e. The molecule has 378 valence electrons. The highest BCUT2D eigenvalue weighted by atomic mass is 19.2. The number of rotatable bonds is 3. The second-order valence-electron chi connectivity index (χ2n) is 12.0. The SMILES string of the molecule is Fc1c(F)c(F)c(-c2c(F)c(F)c(F)c(F)c2F)c(F)c1F.Fc1c(F)c(F)c(-c2c(F)c(F)c(F)c(F)c2F)c(F)c1F.Fc1c(F)c(F)c(-c2c(F)c(F)c(F)c(F)c2F)c(F)c1F.OB(O)O. The molecular formula is C36H3BF30O3. The van der Waals surface area contributed by atoms with E-state index >= 15 is 0 Å². The van der Waals surface area contributed by atoms with Crippen LogP contribution in [0.4, 0.5) is 132 Å². The maximum absolute atomic E-state index is 13.4. The largest absolute Gasteiger partial charge is 0.631 e. The van der Waals surface area contributed by atoms with Crippen molar-refractivity contribution in [2.45, 2.75) is 0 Å². The van der Waals surface area contributed by atoms with E-state index in [0.717, 1.165) is 0 Å². The summed E-state index contributed by atoms with van der Waals surface area (Å²) in [6.07, 6.45) is 0. The van der Waals surface area contributed by atoms with E-state index in [4.69, 9.17) is 15.1 Å². The van der Waals surface area contributed by atoms with Crippen LogP contribution in [0.2, 0.25) is 0 Å². The normalized spacial score (nSPS) is 10.9. The van der Waals surface area contributed by atoms with Crippen LogP contribution in [0.1, 0.15) is 0 Å². The maximum atomic E-state index is 13.4. The van der Waals surface area contributed by atoms with Gasteiger partial charge in [-0.3, -0.25) is 0 Å². The van der Waals surface area contributed by atoms with Gasteiger partial charge in [0.1, 0.15) is 0 Å². The summed E-state index contributed by atoms with van der Waals surface area (Å²) in [4.78, 5) is 0. The molecule has 0 amide bonds. The minimum absolute atomic E-state index is 2.17. The Morgan fingerprint density at radius 1 is 0.129 bits per heavy atom. The lowest BCUT2D eigenvalue weighted by atomic mass is 10.0. The van der Waals surface area contributed by atoms with Crippen LogP contribution in [-0.2, 0) is 0 Å². The van der Waals surface area contributed by atoms with Gasteiger partial charge in [0.2, 0.25) is 34.9 Å². The molecule has 0 saturated carbocycles. The zero-order chi connectivity index (χ0) is 54.4. The van der Waals surface area contributed by atoms with Crippen LogP contribution < -0.4 is 0 Å². The number of hydrogen-bond acceptors (Lipinski definition) is 3. The number of halogens is 30. The van der Waals surface area contributed by atoms with Crippen molar-refractivity contribution in [3.8, 4) is 33.4 Å². The van der Waals surface area contributed by atoms with Gasteiger partial charge < -0.3 is 15.1 Å². The van der Waals surface area contributed by atoms with Gasteiger partial charge in [0.05, 0.1) is 33.4 Å². The highest BCUT2D eigenvalue weighted by Gasteiger charge is 2.37. The summed E-state index contributed by atoms with van der Waals surface area (Å²) in [7, 11) is -2.17. The van der Waals surface area contributed by atoms with E-state index in [2.05, 4.69) is 0 Å². The van der Waals surface area contributed by atoms with Crippen molar-refractivity contribution >= 4 is 7.32 Å². The van der Waals surface area contributed by atoms with Crippen LogP contribution >= 0.6 is 0 Å². The fourth-order valence-corrected chi connectivity index (χ4v) is 4.95. The van der Waals surface area contributed by atoms with E-state index in [1.807, 2.05) is 0 Å². The molecule has 0 radical (unpaired) electrons. The van der Waals surface area contributed by atoms with E-state index in [1.54, 1.807) is 0 Å². The summed E-state index contributed by atoms with van der Waals surface area (Å²) in [5, 5.41) is 21.5. The molecular weight excluding hydrogens is 1060 g/mol. The molecule has 0 heterocycles. The predicted molar refractivity (Wildman–Crippen MR) is 167 cm³/mol. The molecule has 3 N–H and O–H groups in total. The third kappa shape index (κ3) is 9.95. The van der Waals surface area contributed by atoms with E-state index in [-0.39, 0.29) is 0 Å². The Kier molecular flexibility index (Phi) is 17.6. The zero-order valence-electron chi connectivity index (χ0n) is 31.3. The van der Waals surface area contributed by atoms with Gasteiger partial charge in [-0.15, -0.1) is 0 Å². The van der Waals surface area contributed by atoms with Gasteiger partial charge in [0, 0.05) is 0 Å². The van der Waals surface area contributed by atoms with Crippen molar-refractivity contribution < 1.29 is 147 Å². The highest BCUT2D eigenvalue weighted by Crippen LogP contribution is 2.40. The highest BCUT2D eigenvalue weighted by molar-refractivity contribution is 6.30. The molecule has 0 unspecified atom stereocenters. The minimum Gasteiger partial charge on any atom is -0.402 e. The van der Waals surface area contributed by atoms with Gasteiger partial charge in [0.15, 0.2) is 140 Å². The minimum atomic E-state index is -2.68. The van der Waals surface area contributed by atoms with Gasteiger partial charge in [-0.2, -0.15) is 0 Å². The Hall–Kier alpha value is -6.84. The Morgan fingerprint density at radius 2 is 0.171 bits per heavy atom. The van der Waals surface area contributed by atoms with Gasteiger partial charge >= 0.3 is 7.32 Å². The second-order valence-corrected chi connectivity index (χ2v) is 12.0. The van der Waals surface area contributed by atoms with Crippen LogP contribution in [0.3, 0.4) is 0 Å². The molecule has 6 aromatic rings. The average Bonchev–Trinajstić information content (AvgIpc) is 3.32. The lowest BCUT2D eigenvalue weighted by Crippen LogP contribution is -2.10. The van der Waals surface area contributed by atoms with Crippen LogP contribution in [0.5, 0.6) is 0 Å². The fourth-order valence-electron chi connectivity index (χ4n) is 4.95. The molecule has 0 aliphatic heterocycles. The topological polar surface area (TPSA) is 60.7 Å². The molecule has 34 heteroatoms. The van der Waals surface area contributed by atoms with Crippen LogP contribution in [0.15, 0.2) is 0 Å². The van der Waals surface area contributed by atoms with Gasteiger partial charge in [-0.05, 0) is 0 Å². The lowest BCUT2D eigenvalue weighted by molar-refractivity contribution is 0.278. The van der Waals surface area contributed by atoms with E-state index in [9.17, 15) is 132 Å². The first kappa shape index (κ1) is 57.5. The Morgan fingerprint density at radius 3 is 0.229 bits per heavy atom. The third-order valence-corrected chi connectivity index (χ3v) is 8.01. The Labute approximate surface area is 362 Å². The number of hydrogen-bond donors (Lipinski definition) is 3. The van der Waals surface area contributed by atoms with Crippen molar-refractivity contribution in [1.82, 2.24) is 0 Å². The molecule has 0 saturated heterocycles. The van der Waals surface area contributed by atoms with Crippen LogP contribution in [0.25, 0.3) is 33.4 Å². The summed E-state index contributed by atoms with van der Waals surface area (Å²) in [5.74, 6) is -79.9. The molecule has 0 aliphatic rings. The van der Waals surface area contributed by atoms with E-state index in [1.165, 1.54) is 0 Å². The first-order valence-electron chi connectivity index (χ1n) is 16.2. The molecule has 6 rings (SSSR count). The number of benzene rings is 6. The van der Waals surface area contributed by atoms with Crippen LogP contribution in [0, 0.1) is 175 Å². The monoisotopic (exact) mass is 1060 g/mol. The zero-order valence-corrected chi connectivity index (χ0v) is 31.3. The smallest absolute Gasteiger partial charge is 0.402 e. The second kappa shape index (κ2) is 21.4. The summed E-state index contributed by atoms with van der Waals surface area (Å²) in [6.45, 7) is 0. The average molecular weight is 1060 g/mol. The van der Waals surface area contributed by atoms with Crippen molar-refractivity contribution in [3.05, 3.63) is 175 Å². The first-order valence-corrected chi connectivity index (χ1v) is 16.2. The van der Waals surface area contributed by atoms with Crippen molar-refractivity contribution in [1.29, 1.82) is 0 Å². The Balaban J connectivity index is 0.000000267. The standard InChI is InChI=1S/3C12F10.BH3O3/c3*13-3-1(4(14)8(18)11(21)7(3)17)2-5(15)9(19)12(22)10(20)6(2)16;2-1(3)4/h;;;2-4H. The molecule has 0 spiro atoms. The molecule has 0 bridgehead atoms. The molecule has 3 nitrogen and oxygen atoms in total. The molecule has 70 heavy (non-hydrogen) atoms. The summed E-state index contributed by atoms with van der Waals surface area (Å²) in [6, 6.07) is 0. The molecule has 0 aliphatic carbocycles. The summed E-state index contributed by atoms with van der Waals surface area (Å²) >= 11 is 0. The van der Waals surface area contributed by atoms with Gasteiger partial charge in [-0.25, -0.2) is 132 Å². The lowest BCUT2D eigenvalue weighted by Gasteiger charge is -2.11. The van der Waals surface area contributed by atoms with Crippen molar-refractivity contribution in [2.24, 2.45) is 0 Å². The predicted octanol–water partition coefficient (Wildman–Crippen LogP) is 12.2. The molecule has 0 atom stereocenters. The van der Waals surface area contributed by atoms with Gasteiger partial charge in [0.25, 0.3) is 0 Å². The van der Waals surface area contributed by atoms with Crippen LogP contribution in [-0.4, -0.2) is 22.4 Å². The Bertz CT molecular complexity index is 2410. The van der Waals surface area contributed by atoms with Crippen molar-refractivity contribution in [3.63, 3.8) is 0 Å². The summed E-state index contributed by atoms with van der Waals surface area (Å²) in [5.41, 5.74) is -13.6. The van der Waals surface area contributed by atoms with E-state index in [0.29, 0.717) is 0 Å². The summed E-state index contributed by atoms with van der Waals surface area (Å²) < 4.78 is 393. The molecule has 0 fully saturated rings. The third-order valence-electron chi connectivity index (χ3n) is 8.01. The first-order chi connectivity index (χ1) is 32.1.